The van der Waals surface area contributed by atoms with Crippen LogP contribution in [0, 0.1) is 10.1 Å². The molecule has 10 heteroatoms. The Balaban J connectivity index is 2.00. The first kappa shape index (κ1) is 15.1. The molecule has 21 heavy (non-hydrogen) atoms. The van der Waals surface area contributed by atoms with E-state index in [4.69, 9.17) is 16.7 Å². The van der Waals surface area contributed by atoms with Crippen LogP contribution in [0.25, 0.3) is 0 Å². The minimum Gasteiger partial charge on any atom is -0.476 e. The van der Waals surface area contributed by atoms with Crippen LogP contribution >= 0.6 is 22.9 Å². The molecule has 2 aromatic heterocycles. The predicted molar refractivity (Wildman–Crippen MR) is 77.2 cm³/mol. The number of anilines is 1. The van der Waals surface area contributed by atoms with Gasteiger partial charge in [0.1, 0.15) is 0 Å². The van der Waals surface area contributed by atoms with Crippen LogP contribution in [0.4, 0.5) is 11.5 Å². The van der Waals surface area contributed by atoms with Gasteiger partial charge in [0, 0.05) is 30.6 Å². The van der Waals surface area contributed by atoms with E-state index in [1.165, 1.54) is 29.0 Å². The Morgan fingerprint density at radius 3 is 2.95 bits per heavy atom. The van der Waals surface area contributed by atoms with Crippen molar-refractivity contribution in [2.24, 2.45) is 0 Å². The van der Waals surface area contributed by atoms with Crippen LogP contribution in [0.2, 0.25) is 5.02 Å². The smallest absolute Gasteiger partial charge is 0.355 e. The molecule has 0 amide bonds. The van der Waals surface area contributed by atoms with E-state index in [1.807, 2.05) is 0 Å². The third kappa shape index (κ3) is 3.86. The van der Waals surface area contributed by atoms with Crippen molar-refractivity contribution in [3.05, 3.63) is 43.5 Å². The Bertz CT molecular complexity index is 691. The third-order valence-corrected chi connectivity index (χ3v) is 3.55. The number of halogens is 1. The summed E-state index contributed by atoms with van der Waals surface area (Å²) in [7, 11) is 0. The van der Waals surface area contributed by atoms with Gasteiger partial charge in [-0.05, 0) is 0 Å². The summed E-state index contributed by atoms with van der Waals surface area (Å²) >= 11 is 6.88. The first-order valence-corrected chi connectivity index (χ1v) is 6.94. The number of aromatic carboxylic acids is 1. The summed E-state index contributed by atoms with van der Waals surface area (Å²) in [6.07, 6.45) is 1.74. The number of thiazole rings is 1. The van der Waals surface area contributed by atoms with Gasteiger partial charge in [-0.25, -0.2) is 14.8 Å². The van der Waals surface area contributed by atoms with Crippen molar-refractivity contribution in [3.63, 3.8) is 0 Å². The second-order valence-corrected chi connectivity index (χ2v) is 5.27. The zero-order valence-electron chi connectivity index (χ0n) is 10.4. The van der Waals surface area contributed by atoms with Crippen LogP contribution in [0.5, 0.6) is 0 Å². The zero-order chi connectivity index (χ0) is 15.4. The highest BCUT2D eigenvalue weighted by atomic mass is 35.5. The number of carbonyl (C=O) groups is 1. The summed E-state index contributed by atoms with van der Waals surface area (Å²) in [6, 6.07) is 1.21. The fraction of sp³-hybridized carbons (Fsp3) is 0.182. The van der Waals surface area contributed by atoms with E-state index in [0.29, 0.717) is 18.0 Å². The van der Waals surface area contributed by atoms with E-state index in [2.05, 4.69) is 15.3 Å². The standard InChI is InChI=1S/C11H9ClN4O4S/c12-6-3-8(16(19)20)10(14-4-6)13-2-1-9-15-7(5-21-9)11(17)18/h3-5H,1-2H2,(H,13,14)(H,17,18). The summed E-state index contributed by atoms with van der Waals surface area (Å²) < 4.78 is 0. The van der Waals surface area contributed by atoms with Crippen molar-refractivity contribution >= 4 is 40.4 Å². The van der Waals surface area contributed by atoms with E-state index in [9.17, 15) is 14.9 Å². The van der Waals surface area contributed by atoms with Crippen molar-refractivity contribution in [3.8, 4) is 0 Å². The highest BCUT2D eigenvalue weighted by molar-refractivity contribution is 7.09. The molecule has 0 fully saturated rings. The molecular formula is C11H9ClN4O4S. The highest BCUT2D eigenvalue weighted by Crippen LogP contribution is 2.24. The summed E-state index contributed by atoms with van der Waals surface area (Å²) in [6.45, 7) is 0.335. The van der Waals surface area contributed by atoms with E-state index in [-0.39, 0.29) is 22.2 Å². The quantitative estimate of drug-likeness (QED) is 0.617. The number of nitro groups is 1. The molecule has 0 aliphatic rings. The van der Waals surface area contributed by atoms with Crippen molar-refractivity contribution < 1.29 is 14.8 Å². The molecule has 0 radical (unpaired) electrons. The number of carboxylic acid groups (broad SMARTS) is 1. The maximum absolute atomic E-state index is 10.9. The number of aromatic nitrogens is 2. The van der Waals surface area contributed by atoms with Gasteiger partial charge in [-0.1, -0.05) is 11.6 Å². The lowest BCUT2D eigenvalue weighted by atomic mass is 10.3. The summed E-state index contributed by atoms with van der Waals surface area (Å²) in [5.41, 5.74) is -0.224. The fourth-order valence-corrected chi connectivity index (χ4v) is 2.44. The molecule has 110 valence electrons. The van der Waals surface area contributed by atoms with Gasteiger partial charge in [0.2, 0.25) is 5.82 Å². The van der Waals surface area contributed by atoms with Crippen LogP contribution < -0.4 is 5.32 Å². The number of nitrogens with zero attached hydrogens (tertiary/aromatic N) is 3. The molecule has 0 saturated heterocycles. The summed E-state index contributed by atoms with van der Waals surface area (Å²) in [4.78, 5) is 28.8. The van der Waals surface area contributed by atoms with Crippen LogP contribution in [0.1, 0.15) is 15.5 Å². The number of rotatable bonds is 6. The van der Waals surface area contributed by atoms with Crippen LogP contribution in [-0.4, -0.2) is 32.5 Å². The molecule has 0 aromatic carbocycles. The van der Waals surface area contributed by atoms with E-state index < -0.39 is 10.9 Å². The lowest BCUT2D eigenvalue weighted by Gasteiger charge is -2.05. The first-order chi connectivity index (χ1) is 9.97. The zero-order valence-corrected chi connectivity index (χ0v) is 12.0. The average molecular weight is 329 g/mol. The molecule has 0 aliphatic heterocycles. The van der Waals surface area contributed by atoms with E-state index >= 15 is 0 Å². The molecule has 0 atom stereocenters. The topological polar surface area (TPSA) is 118 Å². The van der Waals surface area contributed by atoms with E-state index in [1.54, 1.807) is 0 Å². The third-order valence-electron chi connectivity index (χ3n) is 2.43. The van der Waals surface area contributed by atoms with Gasteiger partial charge in [0.05, 0.1) is 15.0 Å². The Morgan fingerprint density at radius 1 is 1.57 bits per heavy atom. The van der Waals surface area contributed by atoms with Crippen LogP contribution in [-0.2, 0) is 6.42 Å². The lowest BCUT2D eigenvalue weighted by Crippen LogP contribution is -2.08. The summed E-state index contributed by atoms with van der Waals surface area (Å²) in [5, 5.41) is 24.7. The largest absolute Gasteiger partial charge is 0.476 e. The molecule has 0 saturated carbocycles. The van der Waals surface area contributed by atoms with Gasteiger partial charge in [-0.2, -0.15) is 0 Å². The molecule has 0 spiro atoms. The Kier molecular flexibility index (Phi) is 4.66. The number of hydrogen-bond acceptors (Lipinski definition) is 7. The van der Waals surface area contributed by atoms with Gasteiger partial charge >= 0.3 is 11.7 Å². The molecule has 2 N–H and O–H groups in total. The van der Waals surface area contributed by atoms with Crippen molar-refractivity contribution in [1.82, 2.24) is 9.97 Å². The fourth-order valence-electron chi connectivity index (χ4n) is 1.52. The normalized spacial score (nSPS) is 10.3. The average Bonchev–Trinajstić information content (AvgIpc) is 2.89. The van der Waals surface area contributed by atoms with Gasteiger partial charge in [-0.15, -0.1) is 11.3 Å². The maximum atomic E-state index is 10.9. The Hall–Kier alpha value is -2.26. The minimum absolute atomic E-state index is 0.00871. The second-order valence-electron chi connectivity index (χ2n) is 3.89. The molecule has 2 rings (SSSR count). The number of hydrogen-bond donors (Lipinski definition) is 2. The molecule has 0 bridgehead atoms. The lowest BCUT2D eigenvalue weighted by molar-refractivity contribution is -0.384. The van der Waals surface area contributed by atoms with Crippen molar-refractivity contribution in [2.45, 2.75) is 6.42 Å². The summed E-state index contributed by atoms with van der Waals surface area (Å²) in [5.74, 6) is -0.972. The first-order valence-electron chi connectivity index (χ1n) is 5.69. The second kappa shape index (κ2) is 6.46. The SMILES string of the molecule is O=C(O)c1csc(CCNc2ncc(Cl)cc2[N+](=O)[O-])n1. The van der Waals surface area contributed by atoms with Crippen molar-refractivity contribution in [1.29, 1.82) is 0 Å². The molecule has 8 nitrogen and oxygen atoms in total. The van der Waals surface area contributed by atoms with Gasteiger partial charge in [-0.3, -0.25) is 10.1 Å². The highest BCUT2D eigenvalue weighted by Gasteiger charge is 2.16. The van der Waals surface area contributed by atoms with Gasteiger partial charge < -0.3 is 10.4 Å². The molecule has 0 unspecified atom stereocenters. The number of carboxylic acids is 1. The Labute approximate surface area is 127 Å². The number of nitrogens with one attached hydrogen (secondary N) is 1. The molecular weight excluding hydrogens is 320 g/mol. The van der Waals surface area contributed by atoms with Crippen molar-refractivity contribution in [2.75, 3.05) is 11.9 Å². The van der Waals surface area contributed by atoms with Crippen LogP contribution in [0.15, 0.2) is 17.6 Å². The maximum Gasteiger partial charge on any atom is 0.355 e. The van der Waals surface area contributed by atoms with E-state index in [0.717, 1.165) is 0 Å². The predicted octanol–water partition coefficient (Wildman–Crippen LogP) is 2.45. The van der Waals surface area contributed by atoms with Crippen LogP contribution in [0.3, 0.4) is 0 Å². The molecule has 2 aromatic rings. The Morgan fingerprint density at radius 2 is 2.33 bits per heavy atom. The number of pyridine rings is 1. The van der Waals surface area contributed by atoms with Gasteiger partial charge in [0.25, 0.3) is 0 Å². The monoisotopic (exact) mass is 328 g/mol. The minimum atomic E-state index is -1.08. The molecule has 0 aliphatic carbocycles. The molecule has 2 heterocycles. The van der Waals surface area contributed by atoms with Gasteiger partial charge in [0.15, 0.2) is 5.69 Å².